The lowest BCUT2D eigenvalue weighted by Gasteiger charge is -2.34. The monoisotopic (exact) mass is 319 g/mol. The molecule has 1 aliphatic heterocycles. The first kappa shape index (κ1) is 17.7. The average molecular weight is 319 g/mol. The Hall–Kier alpha value is -1.66. The number of nitrogens with one attached hydrogen (secondary N) is 1. The number of hydrogen-bond donors (Lipinski definition) is 1. The molecule has 0 saturated carbocycles. The molecule has 0 atom stereocenters. The molecule has 2 heterocycles. The zero-order chi connectivity index (χ0) is 16.7. The molecule has 1 aromatic rings. The number of nitrogens with zero attached hydrogens (tertiary/aromatic N) is 4. The molecule has 0 spiro atoms. The van der Waals surface area contributed by atoms with E-state index in [1.165, 1.54) is 0 Å². The van der Waals surface area contributed by atoms with E-state index in [0.29, 0.717) is 5.56 Å². The number of anilines is 1. The fourth-order valence-electron chi connectivity index (χ4n) is 2.69. The lowest BCUT2D eigenvalue weighted by Crippen LogP contribution is -2.48. The van der Waals surface area contributed by atoms with Crippen molar-refractivity contribution in [3.8, 4) is 0 Å². The Kier molecular flexibility index (Phi) is 6.80. The van der Waals surface area contributed by atoms with Gasteiger partial charge in [-0.3, -0.25) is 4.79 Å². The SMILES string of the molecule is CCN1CCN(C(=O)c2ccc(NCCCN(C)C)nc2)CC1. The maximum Gasteiger partial charge on any atom is 0.255 e. The maximum absolute atomic E-state index is 12.5. The third-order valence-electron chi connectivity index (χ3n) is 4.21. The quantitative estimate of drug-likeness (QED) is 0.766. The van der Waals surface area contributed by atoms with Crippen LogP contribution in [0.2, 0.25) is 0 Å². The molecule has 0 radical (unpaired) electrons. The van der Waals surface area contributed by atoms with Gasteiger partial charge in [-0.1, -0.05) is 6.92 Å². The molecule has 1 aromatic heterocycles. The van der Waals surface area contributed by atoms with E-state index in [4.69, 9.17) is 0 Å². The smallest absolute Gasteiger partial charge is 0.255 e. The van der Waals surface area contributed by atoms with Gasteiger partial charge < -0.3 is 20.0 Å². The van der Waals surface area contributed by atoms with Crippen molar-refractivity contribution in [1.29, 1.82) is 0 Å². The Balaban J connectivity index is 1.81. The van der Waals surface area contributed by atoms with Gasteiger partial charge in [-0.05, 0) is 45.7 Å². The van der Waals surface area contributed by atoms with Crippen LogP contribution in [0.4, 0.5) is 5.82 Å². The Morgan fingerprint density at radius 3 is 2.57 bits per heavy atom. The first-order chi connectivity index (χ1) is 11.1. The van der Waals surface area contributed by atoms with E-state index in [9.17, 15) is 4.79 Å². The number of carbonyl (C=O) groups is 1. The first-order valence-electron chi connectivity index (χ1n) is 8.46. The second kappa shape index (κ2) is 8.84. The van der Waals surface area contributed by atoms with E-state index in [-0.39, 0.29) is 5.91 Å². The molecule has 1 amide bonds. The van der Waals surface area contributed by atoms with Gasteiger partial charge in [-0.25, -0.2) is 4.98 Å². The molecule has 0 bridgehead atoms. The van der Waals surface area contributed by atoms with Crippen LogP contribution in [0.15, 0.2) is 18.3 Å². The summed E-state index contributed by atoms with van der Waals surface area (Å²) in [5, 5.41) is 3.29. The number of hydrogen-bond acceptors (Lipinski definition) is 5. The fourth-order valence-corrected chi connectivity index (χ4v) is 2.69. The maximum atomic E-state index is 12.5. The molecule has 23 heavy (non-hydrogen) atoms. The summed E-state index contributed by atoms with van der Waals surface area (Å²) in [5.41, 5.74) is 0.675. The van der Waals surface area contributed by atoms with E-state index in [1.54, 1.807) is 6.20 Å². The summed E-state index contributed by atoms with van der Waals surface area (Å²) >= 11 is 0. The van der Waals surface area contributed by atoms with Gasteiger partial charge in [-0.15, -0.1) is 0 Å². The molecule has 2 rings (SSSR count). The van der Waals surface area contributed by atoms with Crippen LogP contribution in [-0.4, -0.2) is 85.5 Å². The van der Waals surface area contributed by atoms with Crippen molar-refractivity contribution >= 4 is 11.7 Å². The van der Waals surface area contributed by atoms with E-state index in [1.807, 2.05) is 17.0 Å². The first-order valence-corrected chi connectivity index (χ1v) is 8.46. The highest BCUT2D eigenvalue weighted by Crippen LogP contribution is 2.10. The van der Waals surface area contributed by atoms with Crippen molar-refractivity contribution in [2.45, 2.75) is 13.3 Å². The summed E-state index contributed by atoms with van der Waals surface area (Å²) in [6.45, 7) is 8.67. The average Bonchev–Trinajstić information content (AvgIpc) is 2.58. The van der Waals surface area contributed by atoms with Gasteiger partial charge in [0, 0.05) is 38.9 Å². The number of aromatic nitrogens is 1. The van der Waals surface area contributed by atoms with Crippen LogP contribution in [0.5, 0.6) is 0 Å². The highest BCUT2D eigenvalue weighted by molar-refractivity contribution is 5.94. The lowest BCUT2D eigenvalue weighted by molar-refractivity contribution is 0.0643. The molecule has 1 fully saturated rings. The molecular weight excluding hydrogens is 290 g/mol. The highest BCUT2D eigenvalue weighted by atomic mass is 16.2. The van der Waals surface area contributed by atoms with Crippen LogP contribution in [0.25, 0.3) is 0 Å². The fraction of sp³-hybridized carbons (Fsp3) is 0.647. The van der Waals surface area contributed by atoms with Crippen LogP contribution in [0.3, 0.4) is 0 Å². The number of rotatable bonds is 7. The largest absolute Gasteiger partial charge is 0.370 e. The normalized spacial score (nSPS) is 15.9. The Morgan fingerprint density at radius 1 is 1.26 bits per heavy atom. The van der Waals surface area contributed by atoms with Crippen molar-refractivity contribution in [3.05, 3.63) is 23.9 Å². The minimum atomic E-state index is 0.0902. The van der Waals surface area contributed by atoms with E-state index >= 15 is 0 Å². The molecule has 128 valence electrons. The molecule has 6 heteroatoms. The second-order valence-electron chi connectivity index (χ2n) is 6.24. The predicted molar refractivity (Wildman–Crippen MR) is 93.9 cm³/mol. The number of amides is 1. The second-order valence-corrected chi connectivity index (χ2v) is 6.24. The van der Waals surface area contributed by atoms with Gasteiger partial charge in [0.1, 0.15) is 5.82 Å². The highest BCUT2D eigenvalue weighted by Gasteiger charge is 2.21. The molecular formula is C17H29N5O. The number of piperazine rings is 1. The summed E-state index contributed by atoms with van der Waals surface area (Å²) in [4.78, 5) is 23.3. The van der Waals surface area contributed by atoms with Crippen molar-refractivity contribution in [2.75, 3.05) is 65.2 Å². The predicted octanol–water partition coefficient (Wildman–Crippen LogP) is 1.22. The van der Waals surface area contributed by atoms with Crippen molar-refractivity contribution in [3.63, 3.8) is 0 Å². The molecule has 1 N–H and O–H groups in total. The third kappa shape index (κ3) is 5.48. The number of pyridine rings is 1. The lowest BCUT2D eigenvalue weighted by atomic mass is 10.2. The van der Waals surface area contributed by atoms with Crippen LogP contribution in [0.1, 0.15) is 23.7 Å². The zero-order valence-electron chi connectivity index (χ0n) is 14.6. The molecule has 0 aromatic carbocycles. The van der Waals surface area contributed by atoms with Crippen molar-refractivity contribution in [1.82, 2.24) is 19.7 Å². The minimum Gasteiger partial charge on any atom is -0.370 e. The van der Waals surface area contributed by atoms with Gasteiger partial charge in [0.2, 0.25) is 0 Å². The van der Waals surface area contributed by atoms with Gasteiger partial charge >= 0.3 is 0 Å². The molecule has 1 saturated heterocycles. The van der Waals surface area contributed by atoms with Crippen LogP contribution < -0.4 is 5.32 Å². The van der Waals surface area contributed by atoms with Gasteiger partial charge in [0.05, 0.1) is 5.56 Å². The van der Waals surface area contributed by atoms with Crippen LogP contribution in [0, 0.1) is 0 Å². The molecule has 6 nitrogen and oxygen atoms in total. The van der Waals surface area contributed by atoms with Crippen molar-refractivity contribution < 1.29 is 4.79 Å². The Labute approximate surface area is 139 Å². The van der Waals surface area contributed by atoms with Gasteiger partial charge in [0.15, 0.2) is 0 Å². The van der Waals surface area contributed by atoms with E-state index in [0.717, 1.165) is 58.1 Å². The van der Waals surface area contributed by atoms with Crippen LogP contribution >= 0.6 is 0 Å². The third-order valence-corrected chi connectivity index (χ3v) is 4.21. The molecule has 0 unspecified atom stereocenters. The summed E-state index contributed by atoms with van der Waals surface area (Å²) in [5.74, 6) is 0.920. The Morgan fingerprint density at radius 2 is 2.00 bits per heavy atom. The number of likely N-dealkylation sites (N-methyl/N-ethyl adjacent to an activating group) is 1. The summed E-state index contributed by atoms with van der Waals surface area (Å²) in [6, 6.07) is 3.76. The topological polar surface area (TPSA) is 51.7 Å². The molecule has 1 aliphatic rings. The van der Waals surface area contributed by atoms with Gasteiger partial charge in [-0.2, -0.15) is 0 Å². The van der Waals surface area contributed by atoms with Crippen molar-refractivity contribution in [2.24, 2.45) is 0 Å². The summed E-state index contributed by atoms with van der Waals surface area (Å²) < 4.78 is 0. The van der Waals surface area contributed by atoms with Crippen LogP contribution in [-0.2, 0) is 0 Å². The minimum absolute atomic E-state index is 0.0902. The summed E-state index contributed by atoms with van der Waals surface area (Å²) in [6.07, 6.45) is 2.75. The Bertz CT molecular complexity index is 480. The number of carbonyl (C=O) groups excluding carboxylic acids is 1. The summed E-state index contributed by atoms with van der Waals surface area (Å²) in [7, 11) is 4.14. The zero-order valence-corrected chi connectivity index (χ0v) is 14.6. The van der Waals surface area contributed by atoms with E-state index in [2.05, 4.69) is 41.1 Å². The standard InChI is InChI=1S/C17H29N5O/c1-4-21-10-12-22(13-11-21)17(23)15-6-7-16(19-14-15)18-8-5-9-20(2)3/h6-7,14H,4-5,8-13H2,1-3H3,(H,18,19). The molecule has 0 aliphatic carbocycles. The van der Waals surface area contributed by atoms with Gasteiger partial charge in [0.25, 0.3) is 5.91 Å². The van der Waals surface area contributed by atoms with E-state index < -0.39 is 0 Å².